The monoisotopic (exact) mass is 526 g/mol. The summed E-state index contributed by atoms with van der Waals surface area (Å²) in [5, 5.41) is 19.5. The number of pyridine rings is 1. The van der Waals surface area contributed by atoms with Crippen LogP contribution < -0.4 is 10.6 Å². The highest BCUT2D eigenvalue weighted by atomic mass is 19.4. The fraction of sp³-hybridized carbons (Fsp3) is 0.357. The van der Waals surface area contributed by atoms with Crippen LogP contribution in [0.25, 0.3) is 11.1 Å². The molecule has 2 aliphatic rings. The highest BCUT2D eigenvalue weighted by Crippen LogP contribution is 2.38. The average Bonchev–Trinajstić information content (AvgIpc) is 3.73. The minimum absolute atomic E-state index is 0.0262. The molecule has 0 spiro atoms. The number of aliphatic hydroxyl groups excluding tert-OH is 2. The van der Waals surface area contributed by atoms with Crippen molar-refractivity contribution >= 4 is 17.3 Å². The van der Waals surface area contributed by atoms with E-state index in [0.29, 0.717) is 30.3 Å². The van der Waals surface area contributed by atoms with Gasteiger partial charge in [-0.25, -0.2) is 4.98 Å². The minimum atomic E-state index is -4.40. The van der Waals surface area contributed by atoms with Crippen LogP contribution in [0.2, 0.25) is 0 Å². The number of aromatic nitrogens is 1. The number of nitrogens with zero attached hydrogens (tertiary/aromatic N) is 3. The quantitative estimate of drug-likeness (QED) is 0.425. The van der Waals surface area contributed by atoms with Crippen LogP contribution in [0.4, 0.5) is 24.5 Å². The normalized spacial score (nSPS) is 17.1. The van der Waals surface area contributed by atoms with Crippen LogP contribution in [0.15, 0.2) is 54.6 Å². The first kappa shape index (κ1) is 26.1. The minimum Gasteiger partial charge on any atom is -0.393 e. The molecular weight excluding hydrogens is 497 g/mol. The molecule has 1 aliphatic carbocycles. The van der Waals surface area contributed by atoms with Crippen LogP contribution in [0, 0.1) is 5.92 Å². The third-order valence-electron chi connectivity index (χ3n) is 7.07. The summed E-state index contributed by atoms with van der Waals surface area (Å²) in [5.41, 5.74) is 8.82. The predicted molar refractivity (Wildman–Crippen MR) is 137 cm³/mol. The van der Waals surface area contributed by atoms with Gasteiger partial charge in [-0.15, -0.1) is 0 Å². The zero-order valence-electron chi connectivity index (χ0n) is 20.7. The SMILES string of the molecule is NC(=O)c1cc(-c2ccc3c(c2)CN(CC2CC2)CCN3c2ccc(C(F)(F)F)cc2)cc([C@H](O)CO)n1. The lowest BCUT2D eigenvalue weighted by Crippen LogP contribution is -2.30. The second kappa shape index (κ2) is 10.4. The molecule has 200 valence electrons. The zero-order valence-corrected chi connectivity index (χ0v) is 20.7. The molecule has 10 heteroatoms. The number of primary amides is 1. The number of rotatable bonds is 7. The van der Waals surface area contributed by atoms with Crippen molar-refractivity contribution in [1.29, 1.82) is 0 Å². The molecule has 1 amide bonds. The molecule has 0 saturated heterocycles. The standard InChI is InChI=1S/C28H29F3N4O3/c29-28(30,31)21-4-6-22(7-5-21)35-10-9-34(14-17-1-2-17)15-20-11-18(3-8-25(20)35)19-12-23(26(37)16-36)33-24(13-19)27(32)38/h3-8,11-13,17,26,36-37H,1-2,9-10,14-16H2,(H2,32,38)/t26-/m1/s1. The first-order chi connectivity index (χ1) is 18.1. The van der Waals surface area contributed by atoms with E-state index in [0.717, 1.165) is 42.0 Å². The predicted octanol–water partition coefficient (Wildman–Crippen LogP) is 4.26. The molecule has 7 nitrogen and oxygen atoms in total. The number of carbonyl (C=O) groups is 1. The molecule has 38 heavy (non-hydrogen) atoms. The molecule has 0 radical (unpaired) electrons. The Hall–Kier alpha value is -3.47. The summed E-state index contributed by atoms with van der Waals surface area (Å²) in [6, 6.07) is 14.2. The van der Waals surface area contributed by atoms with Crippen LogP contribution in [0.3, 0.4) is 0 Å². The molecule has 1 aromatic heterocycles. The van der Waals surface area contributed by atoms with Gasteiger partial charge in [-0.2, -0.15) is 13.2 Å². The third kappa shape index (κ3) is 5.67. The highest BCUT2D eigenvalue weighted by Gasteiger charge is 2.31. The molecule has 1 atom stereocenters. The summed E-state index contributed by atoms with van der Waals surface area (Å²) in [7, 11) is 0. The van der Waals surface area contributed by atoms with E-state index in [1.165, 1.54) is 25.0 Å². The Balaban J connectivity index is 1.55. The van der Waals surface area contributed by atoms with E-state index in [1.54, 1.807) is 12.1 Å². The van der Waals surface area contributed by atoms with Crippen molar-refractivity contribution in [3.05, 3.63) is 77.1 Å². The average molecular weight is 527 g/mol. The number of anilines is 2. The summed E-state index contributed by atoms with van der Waals surface area (Å²) >= 11 is 0. The fourth-order valence-corrected chi connectivity index (χ4v) is 4.87. The van der Waals surface area contributed by atoms with Crippen molar-refractivity contribution in [2.45, 2.75) is 31.7 Å². The first-order valence-electron chi connectivity index (χ1n) is 12.5. The Labute approximate surface area is 218 Å². The second-order valence-corrected chi connectivity index (χ2v) is 9.95. The number of hydrogen-bond acceptors (Lipinski definition) is 6. The third-order valence-corrected chi connectivity index (χ3v) is 7.07. The molecule has 0 unspecified atom stereocenters. The van der Waals surface area contributed by atoms with Gasteiger partial charge in [-0.05, 0) is 84.0 Å². The Kier molecular flexibility index (Phi) is 7.13. The van der Waals surface area contributed by atoms with E-state index in [1.807, 2.05) is 23.1 Å². The molecule has 2 heterocycles. The Morgan fingerprint density at radius 1 is 1.05 bits per heavy atom. The van der Waals surface area contributed by atoms with Crippen molar-refractivity contribution in [1.82, 2.24) is 9.88 Å². The van der Waals surface area contributed by atoms with Crippen LogP contribution in [-0.2, 0) is 12.7 Å². The lowest BCUT2D eigenvalue weighted by Gasteiger charge is -2.26. The summed E-state index contributed by atoms with van der Waals surface area (Å²) in [5.74, 6) is -0.0859. The van der Waals surface area contributed by atoms with Crippen molar-refractivity contribution in [3.8, 4) is 11.1 Å². The van der Waals surface area contributed by atoms with Gasteiger partial charge in [-0.3, -0.25) is 9.69 Å². The maximum atomic E-state index is 13.1. The summed E-state index contributed by atoms with van der Waals surface area (Å²) in [6.07, 6.45) is -3.26. The number of fused-ring (bicyclic) bond motifs is 1. The molecule has 4 N–H and O–H groups in total. The van der Waals surface area contributed by atoms with Gasteiger partial charge < -0.3 is 20.8 Å². The van der Waals surface area contributed by atoms with E-state index < -0.39 is 30.4 Å². The van der Waals surface area contributed by atoms with E-state index in [-0.39, 0.29) is 11.4 Å². The van der Waals surface area contributed by atoms with E-state index in [4.69, 9.17) is 5.73 Å². The summed E-state index contributed by atoms with van der Waals surface area (Å²) < 4.78 is 39.4. The maximum Gasteiger partial charge on any atom is 0.416 e. The molecule has 1 aliphatic heterocycles. The summed E-state index contributed by atoms with van der Waals surface area (Å²) in [4.78, 5) is 20.4. The van der Waals surface area contributed by atoms with Gasteiger partial charge >= 0.3 is 6.18 Å². The Morgan fingerprint density at radius 2 is 1.79 bits per heavy atom. The van der Waals surface area contributed by atoms with Gasteiger partial charge in [0.05, 0.1) is 17.9 Å². The molecule has 3 aromatic rings. The van der Waals surface area contributed by atoms with Crippen LogP contribution in [0.1, 0.15) is 46.3 Å². The topological polar surface area (TPSA) is 103 Å². The van der Waals surface area contributed by atoms with Crippen LogP contribution >= 0.6 is 0 Å². The lowest BCUT2D eigenvalue weighted by molar-refractivity contribution is -0.137. The van der Waals surface area contributed by atoms with Crippen LogP contribution in [0.5, 0.6) is 0 Å². The molecule has 1 fully saturated rings. The number of alkyl halides is 3. The van der Waals surface area contributed by atoms with Crippen molar-refractivity contribution in [2.75, 3.05) is 31.1 Å². The van der Waals surface area contributed by atoms with Gasteiger partial charge in [0.2, 0.25) is 0 Å². The largest absolute Gasteiger partial charge is 0.416 e. The van der Waals surface area contributed by atoms with E-state index in [2.05, 4.69) is 9.88 Å². The number of nitrogens with two attached hydrogens (primary N) is 1. The van der Waals surface area contributed by atoms with Gasteiger partial charge in [0.1, 0.15) is 11.8 Å². The lowest BCUT2D eigenvalue weighted by atomic mass is 9.99. The van der Waals surface area contributed by atoms with Gasteiger partial charge in [0.25, 0.3) is 5.91 Å². The molecule has 5 rings (SSSR count). The van der Waals surface area contributed by atoms with E-state index >= 15 is 0 Å². The van der Waals surface area contributed by atoms with Gasteiger partial charge in [0, 0.05) is 37.6 Å². The molecular formula is C28H29F3N4O3. The smallest absolute Gasteiger partial charge is 0.393 e. The fourth-order valence-electron chi connectivity index (χ4n) is 4.87. The molecule has 2 aromatic carbocycles. The van der Waals surface area contributed by atoms with Crippen LogP contribution in [-0.4, -0.2) is 52.2 Å². The maximum absolute atomic E-state index is 13.1. The van der Waals surface area contributed by atoms with Crippen molar-refractivity contribution in [3.63, 3.8) is 0 Å². The molecule has 1 saturated carbocycles. The number of amides is 1. The Bertz CT molecular complexity index is 1330. The summed E-state index contributed by atoms with van der Waals surface area (Å²) in [6.45, 7) is 2.44. The number of benzene rings is 2. The number of halogens is 3. The Morgan fingerprint density at radius 3 is 2.42 bits per heavy atom. The molecule has 0 bridgehead atoms. The van der Waals surface area contributed by atoms with Crippen molar-refractivity contribution < 1.29 is 28.2 Å². The van der Waals surface area contributed by atoms with Gasteiger partial charge in [0.15, 0.2) is 0 Å². The number of hydrogen-bond donors (Lipinski definition) is 3. The zero-order chi connectivity index (χ0) is 27.0. The van der Waals surface area contributed by atoms with Gasteiger partial charge in [-0.1, -0.05) is 6.07 Å². The second-order valence-electron chi connectivity index (χ2n) is 9.95. The highest BCUT2D eigenvalue weighted by molar-refractivity contribution is 5.92. The van der Waals surface area contributed by atoms with E-state index in [9.17, 15) is 28.2 Å². The number of carbonyl (C=O) groups excluding carboxylic acids is 1. The van der Waals surface area contributed by atoms with Crippen molar-refractivity contribution in [2.24, 2.45) is 11.7 Å². The first-order valence-corrected chi connectivity index (χ1v) is 12.5. The number of aliphatic hydroxyl groups is 2.